The van der Waals surface area contributed by atoms with Crippen LogP contribution in [0.4, 0.5) is 0 Å². The van der Waals surface area contributed by atoms with Crippen LogP contribution in [0.1, 0.15) is 11.1 Å². The zero-order valence-electron chi connectivity index (χ0n) is 10.5. The maximum Gasteiger partial charge on any atom is 0.187 e. The lowest BCUT2D eigenvalue weighted by atomic mass is 9.98. The molecule has 0 radical (unpaired) electrons. The van der Waals surface area contributed by atoms with Crippen molar-refractivity contribution in [1.82, 2.24) is 0 Å². The van der Waals surface area contributed by atoms with Crippen LogP contribution in [0.2, 0.25) is 0 Å². The highest BCUT2D eigenvalue weighted by Gasteiger charge is 2.17. The second kappa shape index (κ2) is 5.03. The number of hydrogen-bond donors (Lipinski definition) is 3. The summed E-state index contributed by atoms with van der Waals surface area (Å²) in [6, 6.07) is 7.90. The van der Waals surface area contributed by atoms with E-state index in [1.165, 1.54) is 12.1 Å². The highest BCUT2D eigenvalue weighted by Crippen LogP contribution is 2.40. The predicted octanol–water partition coefficient (Wildman–Crippen LogP) is 2.96. The van der Waals surface area contributed by atoms with E-state index in [4.69, 9.17) is 0 Å². The maximum absolute atomic E-state index is 11.3. The van der Waals surface area contributed by atoms with Gasteiger partial charge in [-0.3, -0.25) is 0 Å². The molecule has 2 aromatic carbocycles. The molecule has 1 atom stereocenters. The molecule has 0 aliphatic heterocycles. The topological polar surface area (TPSA) is 77.8 Å². The Labute approximate surface area is 113 Å². The van der Waals surface area contributed by atoms with E-state index in [2.05, 4.69) is 0 Å². The Morgan fingerprint density at radius 3 is 2.26 bits per heavy atom. The quantitative estimate of drug-likeness (QED) is 0.583. The molecule has 0 aliphatic carbocycles. The number of phenolic OH excluding ortho intramolecular Hbond substituents is 2. The average molecular weight is 278 g/mol. The summed E-state index contributed by atoms with van der Waals surface area (Å²) in [4.78, 5) is 0.195. The van der Waals surface area contributed by atoms with Gasteiger partial charge in [-0.1, -0.05) is 18.2 Å². The van der Waals surface area contributed by atoms with Crippen LogP contribution in [0.15, 0.2) is 35.2 Å². The van der Waals surface area contributed by atoms with Gasteiger partial charge in [0.05, 0.1) is 4.90 Å². The van der Waals surface area contributed by atoms with Crippen molar-refractivity contribution in [3.8, 4) is 22.6 Å². The highest BCUT2D eigenvalue weighted by atomic mass is 32.2. The largest absolute Gasteiger partial charge is 0.508 e. The van der Waals surface area contributed by atoms with Crippen molar-refractivity contribution in [2.24, 2.45) is 0 Å². The fourth-order valence-electron chi connectivity index (χ4n) is 1.93. The minimum absolute atomic E-state index is 0.00759. The van der Waals surface area contributed by atoms with Gasteiger partial charge in [-0.25, -0.2) is 4.21 Å². The summed E-state index contributed by atoms with van der Waals surface area (Å²) >= 11 is -2.16. The molecule has 0 fully saturated rings. The summed E-state index contributed by atoms with van der Waals surface area (Å²) in [6.45, 7) is 3.39. The van der Waals surface area contributed by atoms with Crippen LogP contribution in [0, 0.1) is 13.8 Å². The predicted molar refractivity (Wildman–Crippen MR) is 73.7 cm³/mol. The van der Waals surface area contributed by atoms with E-state index in [0.717, 1.165) is 0 Å². The van der Waals surface area contributed by atoms with E-state index in [1.807, 2.05) is 0 Å². The van der Waals surface area contributed by atoms with Crippen molar-refractivity contribution in [1.29, 1.82) is 0 Å². The summed E-state index contributed by atoms with van der Waals surface area (Å²) in [5.41, 5.74) is 1.91. The Morgan fingerprint density at radius 1 is 1.00 bits per heavy atom. The first-order valence-corrected chi connectivity index (χ1v) is 6.76. The van der Waals surface area contributed by atoms with Crippen molar-refractivity contribution in [3.63, 3.8) is 0 Å². The Kier molecular flexibility index (Phi) is 3.59. The third-order valence-electron chi connectivity index (χ3n) is 3.20. The van der Waals surface area contributed by atoms with Gasteiger partial charge in [-0.05, 0) is 37.1 Å². The van der Waals surface area contributed by atoms with Crippen LogP contribution >= 0.6 is 0 Å². The second-order valence-corrected chi connectivity index (χ2v) is 5.23. The molecule has 3 N–H and O–H groups in total. The van der Waals surface area contributed by atoms with Crippen LogP contribution in [0.5, 0.6) is 11.5 Å². The standard InChI is InChI=1S/C14H14O4S/c1-8-9(2)14(16)11(7-12(8)15)10-5-3-4-6-13(10)19(17)18/h3-7,15-16H,1-2H3,(H,17,18). The van der Waals surface area contributed by atoms with Crippen LogP contribution in [0.3, 0.4) is 0 Å². The Bertz CT molecular complexity index is 665. The number of rotatable bonds is 2. The summed E-state index contributed by atoms with van der Waals surface area (Å²) < 4.78 is 20.6. The van der Waals surface area contributed by atoms with Gasteiger partial charge in [0.15, 0.2) is 11.1 Å². The lowest BCUT2D eigenvalue weighted by molar-refractivity contribution is 0.454. The molecule has 2 aromatic rings. The smallest absolute Gasteiger partial charge is 0.187 e. The summed E-state index contributed by atoms with van der Waals surface area (Å²) in [5.74, 6) is 0.0528. The van der Waals surface area contributed by atoms with Gasteiger partial charge in [0.1, 0.15) is 11.5 Å². The van der Waals surface area contributed by atoms with Crippen molar-refractivity contribution in [3.05, 3.63) is 41.5 Å². The monoisotopic (exact) mass is 278 g/mol. The van der Waals surface area contributed by atoms with E-state index >= 15 is 0 Å². The lowest BCUT2D eigenvalue weighted by Gasteiger charge is -2.13. The van der Waals surface area contributed by atoms with E-state index in [9.17, 15) is 19.0 Å². The Hall–Kier alpha value is -1.85. The average Bonchev–Trinajstić information content (AvgIpc) is 2.40. The molecule has 100 valence electrons. The molecule has 0 saturated carbocycles. The number of aromatic hydroxyl groups is 2. The van der Waals surface area contributed by atoms with E-state index < -0.39 is 11.1 Å². The first-order chi connectivity index (χ1) is 8.93. The molecule has 0 aromatic heterocycles. The third-order valence-corrected chi connectivity index (χ3v) is 3.94. The maximum atomic E-state index is 11.3. The zero-order valence-corrected chi connectivity index (χ0v) is 11.4. The van der Waals surface area contributed by atoms with Crippen molar-refractivity contribution in [2.75, 3.05) is 0 Å². The molecule has 2 rings (SSSR count). The molecule has 0 saturated heterocycles. The van der Waals surface area contributed by atoms with Crippen LogP contribution in [0.25, 0.3) is 11.1 Å². The van der Waals surface area contributed by atoms with Gasteiger partial charge in [0, 0.05) is 11.1 Å². The van der Waals surface area contributed by atoms with Crippen molar-refractivity contribution >= 4 is 11.1 Å². The van der Waals surface area contributed by atoms with Crippen molar-refractivity contribution < 1.29 is 19.0 Å². The van der Waals surface area contributed by atoms with Crippen LogP contribution in [-0.2, 0) is 11.1 Å². The van der Waals surface area contributed by atoms with Gasteiger partial charge in [0.25, 0.3) is 0 Å². The summed E-state index contributed by atoms with van der Waals surface area (Å²) in [6.07, 6.45) is 0. The van der Waals surface area contributed by atoms with E-state index in [0.29, 0.717) is 22.3 Å². The van der Waals surface area contributed by atoms with Crippen molar-refractivity contribution in [2.45, 2.75) is 18.7 Å². The fraction of sp³-hybridized carbons (Fsp3) is 0.143. The zero-order chi connectivity index (χ0) is 14.2. The van der Waals surface area contributed by atoms with Gasteiger partial charge in [-0.2, -0.15) is 0 Å². The normalized spacial score (nSPS) is 12.4. The van der Waals surface area contributed by atoms with E-state index in [1.54, 1.807) is 32.0 Å². The van der Waals surface area contributed by atoms with Crippen LogP contribution < -0.4 is 0 Å². The molecule has 19 heavy (non-hydrogen) atoms. The minimum Gasteiger partial charge on any atom is -0.508 e. The first-order valence-electron chi connectivity index (χ1n) is 5.66. The molecule has 0 spiro atoms. The van der Waals surface area contributed by atoms with Gasteiger partial charge in [0.2, 0.25) is 0 Å². The highest BCUT2D eigenvalue weighted by molar-refractivity contribution is 7.79. The molecule has 1 unspecified atom stereocenters. The summed E-state index contributed by atoms with van der Waals surface area (Å²) in [5, 5.41) is 20.0. The Balaban J connectivity index is 2.77. The molecule has 0 bridgehead atoms. The second-order valence-electron chi connectivity index (χ2n) is 4.29. The molecular weight excluding hydrogens is 264 g/mol. The van der Waals surface area contributed by atoms with E-state index in [-0.39, 0.29) is 16.4 Å². The van der Waals surface area contributed by atoms with Gasteiger partial charge in [-0.15, -0.1) is 0 Å². The molecule has 4 nitrogen and oxygen atoms in total. The lowest BCUT2D eigenvalue weighted by Crippen LogP contribution is -1.94. The number of hydrogen-bond acceptors (Lipinski definition) is 3. The molecule has 0 heterocycles. The van der Waals surface area contributed by atoms with Gasteiger partial charge >= 0.3 is 0 Å². The molecule has 0 amide bonds. The number of benzene rings is 2. The SMILES string of the molecule is Cc1c(O)cc(-c2ccccc2S(=O)O)c(O)c1C. The summed E-state index contributed by atoms with van der Waals surface area (Å²) in [7, 11) is 0. The number of phenols is 2. The van der Waals surface area contributed by atoms with Crippen LogP contribution in [-0.4, -0.2) is 19.0 Å². The fourth-order valence-corrected chi connectivity index (χ4v) is 2.49. The molecular formula is C14H14O4S. The first kappa shape index (κ1) is 13.6. The third kappa shape index (κ3) is 2.34. The Morgan fingerprint density at radius 2 is 1.63 bits per heavy atom. The van der Waals surface area contributed by atoms with Gasteiger partial charge < -0.3 is 14.8 Å². The minimum atomic E-state index is -2.16. The molecule has 0 aliphatic rings. The molecule has 5 heteroatoms.